The van der Waals surface area contributed by atoms with Crippen molar-refractivity contribution in [1.29, 1.82) is 0 Å². The predicted molar refractivity (Wildman–Crippen MR) is 99.9 cm³/mol. The van der Waals surface area contributed by atoms with Crippen molar-refractivity contribution in [3.05, 3.63) is 65.3 Å². The first-order chi connectivity index (χ1) is 13.5. The van der Waals surface area contributed by atoms with Gasteiger partial charge >= 0.3 is 0 Å². The number of hydrogen-bond acceptors (Lipinski definition) is 5. The zero-order valence-corrected chi connectivity index (χ0v) is 15.7. The van der Waals surface area contributed by atoms with Gasteiger partial charge in [-0.1, -0.05) is 35.0 Å². The first-order valence-electron chi connectivity index (χ1n) is 9.07. The van der Waals surface area contributed by atoms with Crippen LogP contribution in [0.15, 0.2) is 47.0 Å². The third-order valence-electron chi connectivity index (χ3n) is 4.94. The first kappa shape index (κ1) is 18.2. The lowest BCUT2D eigenvalue weighted by atomic mass is 10.1. The summed E-state index contributed by atoms with van der Waals surface area (Å²) < 4.78 is 24.3. The zero-order valence-electron chi connectivity index (χ0n) is 15.7. The highest BCUT2D eigenvalue weighted by molar-refractivity contribution is 5.78. The van der Waals surface area contributed by atoms with Gasteiger partial charge in [0.15, 0.2) is 11.6 Å². The van der Waals surface area contributed by atoms with Crippen molar-refractivity contribution in [3.8, 4) is 17.1 Å². The van der Waals surface area contributed by atoms with E-state index in [1.54, 1.807) is 11.0 Å². The van der Waals surface area contributed by atoms with E-state index in [-0.39, 0.29) is 23.5 Å². The molecule has 28 heavy (non-hydrogen) atoms. The molecule has 2 heterocycles. The molecule has 1 amide bonds. The number of carbonyl (C=O) groups is 1. The summed E-state index contributed by atoms with van der Waals surface area (Å²) in [7, 11) is 1.41. The Morgan fingerprint density at radius 3 is 2.75 bits per heavy atom. The third-order valence-corrected chi connectivity index (χ3v) is 4.94. The summed E-state index contributed by atoms with van der Waals surface area (Å²) in [6.07, 6.45) is 1.05. The van der Waals surface area contributed by atoms with Gasteiger partial charge in [0, 0.05) is 18.5 Å². The SMILES string of the molecule is COc1ccc(-c2noc(C3CCC(=O)N3Cc3ccc(C)cc3)n2)cc1F. The molecule has 1 unspecified atom stereocenters. The van der Waals surface area contributed by atoms with Gasteiger partial charge in [0.1, 0.15) is 6.04 Å². The Hall–Kier alpha value is -3.22. The number of aryl methyl sites for hydroxylation is 1. The molecule has 0 saturated carbocycles. The maximum Gasteiger partial charge on any atom is 0.249 e. The van der Waals surface area contributed by atoms with E-state index >= 15 is 0 Å². The molecule has 0 aliphatic carbocycles. The molecule has 6 nitrogen and oxygen atoms in total. The highest BCUT2D eigenvalue weighted by atomic mass is 19.1. The Kier molecular flexibility index (Phi) is 4.81. The number of hydrogen-bond donors (Lipinski definition) is 0. The maximum absolute atomic E-state index is 14.0. The van der Waals surface area contributed by atoms with Gasteiger partial charge in [-0.2, -0.15) is 4.98 Å². The molecule has 4 rings (SSSR count). The van der Waals surface area contributed by atoms with E-state index in [9.17, 15) is 9.18 Å². The molecular formula is C21H20FN3O3. The summed E-state index contributed by atoms with van der Waals surface area (Å²) in [5.74, 6) is 0.359. The van der Waals surface area contributed by atoms with Crippen molar-refractivity contribution in [2.24, 2.45) is 0 Å². The number of amides is 1. The second kappa shape index (κ2) is 7.42. The standard InChI is InChI=1S/C21H20FN3O3/c1-13-3-5-14(6-4-13)12-25-17(8-10-19(25)26)21-23-20(24-28-21)15-7-9-18(27-2)16(22)11-15/h3-7,9,11,17H,8,10,12H2,1-2H3. The van der Waals surface area contributed by atoms with Crippen LogP contribution in [-0.2, 0) is 11.3 Å². The Labute approximate surface area is 161 Å². The van der Waals surface area contributed by atoms with Gasteiger partial charge in [-0.15, -0.1) is 0 Å². The molecule has 1 atom stereocenters. The van der Waals surface area contributed by atoms with Crippen LogP contribution in [0.25, 0.3) is 11.4 Å². The van der Waals surface area contributed by atoms with Crippen LogP contribution in [-0.4, -0.2) is 28.1 Å². The molecule has 0 radical (unpaired) electrons. The van der Waals surface area contributed by atoms with Crippen LogP contribution >= 0.6 is 0 Å². The minimum Gasteiger partial charge on any atom is -0.494 e. The number of methoxy groups -OCH3 is 1. The van der Waals surface area contributed by atoms with E-state index < -0.39 is 5.82 Å². The molecular weight excluding hydrogens is 361 g/mol. The smallest absolute Gasteiger partial charge is 0.249 e. The van der Waals surface area contributed by atoms with E-state index in [0.717, 1.165) is 5.56 Å². The van der Waals surface area contributed by atoms with Crippen molar-refractivity contribution in [3.63, 3.8) is 0 Å². The Morgan fingerprint density at radius 2 is 2.04 bits per heavy atom. The third kappa shape index (κ3) is 3.47. The van der Waals surface area contributed by atoms with E-state index in [1.165, 1.54) is 24.8 Å². The molecule has 0 N–H and O–H groups in total. The van der Waals surface area contributed by atoms with Crippen molar-refractivity contribution < 1.29 is 18.4 Å². The molecule has 144 valence electrons. The minimum absolute atomic E-state index is 0.0563. The van der Waals surface area contributed by atoms with Crippen molar-refractivity contribution in [2.75, 3.05) is 7.11 Å². The lowest BCUT2D eigenvalue weighted by Gasteiger charge is -2.22. The Bertz CT molecular complexity index is 1000. The van der Waals surface area contributed by atoms with E-state index in [2.05, 4.69) is 10.1 Å². The van der Waals surface area contributed by atoms with Gasteiger partial charge in [-0.3, -0.25) is 4.79 Å². The molecule has 0 bridgehead atoms. The van der Waals surface area contributed by atoms with Crippen LogP contribution in [0.3, 0.4) is 0 Å². The average molecular weight is 381 g/mol. The lowest BCUT2D eigenvalue weighted by molar-refractivity contribution is -0.129. The second-order valence-electron chi connectivity index (χ2n) is 6.87. The largest absolute Gasteiger partial charge is 0.494 e. The Morgan fingerprint density at radius 1 is 1.25 bits per heavy atom. The summed E-state index contributed by atoms with van der Waals surface area (Å²) in [5.41, 5.74) is 2.70. The molecule has 1 aromatic heterocycles. The predicted octanol–water partition coefficient (Wildman–Crippen LogP) is 4.06. The zero-order chi connectivity index (χ0) is 19.7. The molecule has 7 heteroatoms. The highest BCUT2D eigenvalue weighted by Gasteiger charge is 2.36. The molecule has 1 saturated heterocycles. The van der Waals surface area contributed by atoms with Gasteiger partial charge in [0.25, 0.3) is 0 Å². The van der Waals surface area contributed by atoms with Crippen LogP contribution in [0.5, 0.6) is 5.75 Å². The van der Waals surface area contributed by atoms with E-state index in [1.807, 2.05) is 31.2 Å². The summed E-state index contributed by atoms with van der Waals surface area (Å²) in [4.78, 5) is 18.6. The van der Waals surface area contributed by atoms with E-state index in [4.69, 9.17) is 9.26 Å². The molecule has 1 aliphatic heterocycles. The fourth-order valence-electron chi connectivity index (χ4n) is 3.37. The van der Waals surface area contributed by atoms with Gasteiger partial charge in [0.2, 0.25) is 17.6 Å². The summed E-state index contributed by atoms with van der Waals surface area (Å²) in [6.45, 7) is 2.51. The monoisotopic (exact) mass is 381 g/mol. The molecule has 1 aliphatic rings. The lowest BCUT2D eigenvalue weighted by Crippen LogP contribution is -2.27. The first-order valence-corrected chi connectivity index (χ1v) is 9.07. The summed E-state index contributed by atoms with van der Waals surface area (Å²) in [6, 6.07) is 12.3. The van der Waals surface area contributed by atoms with Crippen molar-refractivity contribution >= 4 is 5.91 Å². The molecule has 2 aromatic carbocycles. The second-order valence-corrected chi connectivity index (χ2v) is 6.87. The fourth-order valence-corrected chi connectivity index (χ4v) is 3.37. The number of benzene rings is 2. The number of ether oxygens (including phenoxy) is 1. The van der Waals surface area contributed by atoms with Crippen molar-refractivity contribution in [2.45, 2.75) is 32.4 Å². The number of aromatic nitrogens is 2. The number of nitrogens with zero attached hydrogens (tertiary/aromatic N) is 3. The van der Waals surface area contributed by atoms with Gasteiger partial charge in [0.05, 0.1) is 7.11 Å². The van der Waals surface area contributed by atoms with Gasteiger partial charge < -0.3 is 14.2 Å². The van der Waals surface area contributed by atoms with Crippen LogP contribution in [0.4, 0.5) is 4.39 Å². The molecule has 3 aromatic rings. The number of rotatable bonds is 5. The van der Waals surface area contributed by atoms with Crippen molar-refractivity contribution in [1.82, 2.24) is 15.0 Å². The summed E-state index contributed by atoms with van der Waals surface area (Å²) in [5, 5.41) is 3.97. The molecule has 1 fully saturated rings. The van der Waals surface area contributed by atoms with Crippen LogP contribution in [0, 0.1) is 12.7 Å². The molecule has 0 spiro atoms. The maximum atomic E-state index is 14.0. The number of likely N-dealkylation sites (tertiary alicyclic amines) is 1. The normalized spacial score (nSPS) is 16.6. The van der Waals surface area contributed by atoms with Gasteiger partial charge in [-0.05, 0) is 37.1 Å². The highest BCUT2D eigenvalue weighted by Crippen LogP contribution is 2.34. The van der Waals surface area contributed by atoms with Crippen LogP contribution in [0.2, 0.25) is 0 Å². The van der Waals surface area contributed by atoms with E-state index in [0.29, 0.717) is 30.8 Å². The van der Waals surface area contributed by atoms with Crippen LogP contribution in [0.1, 0.15) is 35.9 Å². The topological polar surface area (TPSA) is 68.5 Å². The summed E-state index contributed by atoms with van der Waals surface area (Å²) >= 11 is 0. The fraction of sp³-hybridized carbons (Fsp3) is 0.286. The van der Waals surface area contributed by atoms with Gasteiger partial charge in [-0.25, -0.2) is 4.39 Å². The average Bonchev–Trinajstić information content (AvgIpc) is 3.31. The Balaban J connectivity index is 1.57. The number of halogens is 1. The minimum atomic E-state index is -0.497. The number of carbonyl (C=O) groups excluding carboxylic acids is 1. The van der Waals surface area contributed by atoms with Crippen LogP contribution < -0.4 is 4.74 Å². The quantitative estimate of drug-likeness (QED) is 0.667.